The molecule has 0 amide bonds. The van der Waals surface area contributed by atoms with Crippen LogP contribution in [0, 0.1) is 3.70 Å². The summed E-state index contributed by atoms with van der Waals surface area (Å²) in [5.41, 5.74) is 3.15. The van der Waals surface area contributed by atoms with Crippen molar-refractivity contribution in [3.05, 3.63) is 56.8 Å². The van der Waals surface area contributed by atoms with Crippen LogP contribution in [0.2, 0.25) is 0 Å². The molecule has 3 aromatic rings. The van der Waals surface area contributed by atoms with Crippen molar-refractivity contribution in [2.75, 3.05) is 0 Å². The van der Waals surface area contributed by atoms with E-state index in [0.717, 1.165) is 25.1 Å². The Bertz CT molecular complexity index is 673. The van der Waals surface area contributed by atoms with E-state index in [2.05, 4.69) is 60.0 Å². The first-order valence-corrected chi connectivity index (χ1v) is 7.01. The molecule has 0 N–H and O–H groups in total. The number of halogens is 2. The molecule has 0 bridgehead atoms. The molecular formula is C13H8BrIN2. The normalized spacial score (nSPS) is 10.9. The van der Waals surface area contributed by atoms with E-state index in [9.17, 15) is 0 Å². The smallest absolute Gasteiger partial charge is 0.138 e. The largest absolute Gasteiger partial charge is 0.294 e. The minimum atomic E-state index is 0.981. The van der Waals surface area contributed by atoms with Crippen LogP contribution in [0.15, 0.2) is 53.1 Å². The standard InChI is InChI=1S/C13H8BrIN2/c14-10-6-4-9(5-7-10)12-13(15)17-8-2-1-3-11(17)16-12/h1-8H. The van der Waals surface area contributed by atoms with E-state index in [-0.39, 0.29) is 0 Å². The zero-order chi connectivity index (χ0) is 11.8. The van der Waals surface area contributed by atoms with Gasteiger partial charge in [-0.1, -0.05) is 34.1 Å². The topological polar surface area (TPSA) is 17.3 Å². The highest BCUT2D eigenvalue weighted by atomic mass is 127. The molecule has 0 radical (unpaired) electrons. The molecule has 0 saturated carbocycles. The molecule has 0 saturated heterocycles. The number of hydrogen-bond donors (Lipinski definition) is 0. The second-order valence-corrected chi connectivity index (χ2v) is 5.62. The molecule has 0 unspecified atom stereocenters. The van der Waals surface area contributed by atoms with Crippen LogP contribution < -0.4 is 0 Å². The van der Waals surface area contributed by atoms with Crippen molar-refractivity contribution in [3.63, 3.8) is 0 Å². The highest BCUT2D eigenvalue weighted by Gasteiger charge is 2.10. The maximum Gasteiger partial charge on any atom is 0.138 e. The first-order valence-electron chi connectivity index (χ1n) is 5.14. The Morgan fingerprint density at radius 1 is 1.06 bits per heavy atom. The van der Waals surface area contributed by atoms with Crippen LogP contribution in [0.5, 0.6) is 0 Å². The number of benzene rings is 1. The molecule has 3 rings (SSSR count). The minimum absolute atomic E-state index is 0.981. The summed E-state index contributed by atoms with van der Waals surface area (Å²) < 4.78 is 4.32. The number of imidazole rings is 1. The van der Waals surface area contributed by atoms with Crippen LogP contribution in [0.25, 0.3) is 16.9 Å². The summed E-state index contributed by atoms with van der Waals surface area (Å²) in [6.07, 6.45) is 2.03. The third kappa shape index (κ3) is 1.99. The van der Waals surface area contributed by atoms with E-state index >= 15 is 0 Å². The van der Waals surface area contributed by atoms with Crippen molar-refractivity contribution in [1.29, 1.82) is 0 Å². The van der Waals surface area contributed by atoms with Crippen LogP contribution in [0.4, 0.5) is 0 Å². The van der Waals surface area contributed by atoms with Gasteiger partial charge in [0.1, 0.15) is 15.0 Å². The molecular weight excluding hydrogens is 391 g/mol. The number of rotatable bonds is 1. The molecule has 4 heteroatoms. The Morgan fingerprint density at radius 2 is 1.82 bits per heavy atom. The highest BCUT2D eigenvalue weighted by Crippen LogP contribution is 2.26. The van der Waals surface area contributed by atoms with Gasteiger partial charge in [0, 0.05) is 16.2 Å². The van der Waals surface area contributed by atoms with Gasteiger partial charge in [-0.15, -0.1) is 0 Å². The minimum Gasteiger partial charge on any atom is -0.294 e. The Kier molecular flexibility index (Phi) is 2.92. The van der Waals surface area contributed by atoms with Crippen molar-refractivity contribution < 1.29 is 0 Å². The van der Waals surface area contributed by atoms with Gasteiger partial charge in [-0.3, -0.25) is 4.40 Å². The van der Waals surface area contributed by atoms with E-state index < -0.39 is 0 Å². The number of hydrogen-bond acceptors (Lipinski definition) is 1. The van der Waals surface area contributed by atoms with Gasteiger partial charge < -0.3 is 0 Å². The lowest BCUT2D eigenvalue weighted by atomic mass is 10.2. The fourth-order valence-electron chi connectivity index (χ4n) is 1.76. The molecule has 0 atom stereocenters. The fourth-order valence-corrected chi connectivity index (χ4v) is 2.86. The molecule has 1 aromatic carbocycles. The molecule has 0 fully saturated rings. The van der Waals surface area contributed by atoms with Gasteiger partial charge in [0.15, 0.2) is 0 Å². The van der Waals surface area contributed by atoms with Gasteiger partial charge in [0.25, 0.3) is 0 Å². The van der Waals surface area contributed by atoms with Crippen molar-refractivity contribution in [2.45, 2.75) is 0 Å². The summed E-state index contributed by atoms with van der Waals surface area (Å²) >= 11 is 5.78. The quantitative estimate of drug-likeness (QED) is 0.556. The van der Waals surface area contributed by atoms with Gasteiger partial charge in [0.2, 0.25) is 0 Å². The van der Waals surface area contributed by atoms with Crippen molar-refractivity contribution in [2.24, 2.45) is 0 Å². The maximum absolute atomic E-state index is 4.65. The monoisotopic (exact) mass is 398 g/mol. The van der Waals surface area contributed by atoms with Gasteiger partial charge in [-0.2, -0.15) is 0 Å². The van der Waals surface area contributed by atoms with Gasteiger partial charge in [-0.25, -0.2) is 4.98 Å². The Labute approximate surface area is 121 Å². The SMILES string of the molecule is Brc1ccc(-c2nc3ccccn3c2I)cc1. The van der Waals surface area contributed by atoms with Crippen LogP contribution in [0.1, 0.15) is 0 Å². The number of fused-ring (bicyclic) bond motifs is 1. The molecule has 0 spiro atoms. The van der Waals surface area contributed by atoms with Gasteiger partial charge in [0.05, 0.1) is 0 Å². The number of nitrogens with zero attached hydrogens (tertiary/aromatic N) is 2. The third-order valence-corrected chi connectivity index (χ3v) is 4.15. The van der Waals surface area contributed by atoms with Crippen LogP contribution in [-0.4, -0.2) is 9.38 Å². The summed E-state index contributed by atoms with van der Waals surface area (Å²) in [7, 11) is 0. The zero-order valence-corrected chi connectivity index (χ0v) is 12.5. The van der Waals surface area contributed by atoms with E-state index in [4.69, 9.17) is 0 Å². The molecule has 2 aromatic heterocycles. The highest BCUT2D eigenvalue weighted by molar-refractivity contribution is 14.1. The lowest BCUT2D eigenvalue weighted by Crippen LogP contribution is -1.85. The maximum atomic E-state index is 4.65. The molecule has 0 aliphatic carbocycles. The molecule has 17 heavy (non-hydrogen) atoms. The zero-order valence-electron chi connectivity index (χ0n) is 8.77. The Hall–Kier alpha value is -0.880. The summed E-state index contributed by atoms with van der Waals surface area (Å²) in [6.45, 7) is 0. The molecule has 0 aliphatic rings. The molecule has 2 heterocycles. The summed E-state index contributed by atoms with van der Waals surface area (Å²) in [5.74, 6) is 0. The second-order valence-electron chi connectivity index (χ2n) is 3.69. The lowest BCUT2D eigenvalue weighted by molar-refractivity contribution is 1.15. The average molecular weight is 399 g/mol. The van der Waals surface area contributed by atoms with Crippen LogP contribution in [0.3, 0.4) is 0 Å². The van der Waals surface area contributed by atoms with E-state index in [1.54, 1.807) is 0 Å². The summed E-state index contributed by atoms with van der Waals surface area (Å²) in [5, 5.41) is 0. The van der Waals surface area contributed by atoms with Crippen molar-refractivity contribution >= 4 is 44.2 Å². The van der Waals surface area contributed by atoms with Crippen LogP contribution in [-0.2, 0) is 0 Å². The molecule has 2 nitrogen and oxygen atoms in total. The third-order valence-electron chi connectivity index (χ3n) is 2.59. The molecule has 0 aliphatic heterocycles. The number of pyridine rings is 1. The van der Waals surface area contributed by atoms with Crippen molar-refractivity contribution in [1.82, 2.24) is 9.38 Å². The molecule has 84 valence electrons. The van der Waals surface area contributed by atoms with Gasteiger partial charge >= 0.3 is 0 Å². The predicted octanol–water partition coefficient (Wildman–Crippen LogP) is 4.37. The second kappa shape index (κ2) is 4.42. The van der Waals surface area contributed by atoms with Gasteiger partial charge in [-0.05, 0) is 46.9 Å². The Morgan fingerprint density at radius 3 is 2.53 bits per heavy atom. The fraction of sp³-hybridized carbons (Fsp3) is 0. The predicted molar refractivity (Wildman–Crippen MR) is 81.0 cm³/mol. The first-order chi connectivity index (χ1) is 8.25. The van der Waals surface area contributed by atoms with Crippen LogP contribution >= 0.6 is 38.5 Å². The van der Waals surface area contributed by atoms with Crippen molar-refractivity contribution in [3.8, 4) is 11.3 Å². The van der Waals surface area contributed by atoms with E-state index in [0.29, 0.717) is 0 Å². The summed E-state index contributed by atoms with van der Waals surface area (Å²) in [4.78, 5) is 4.65. The summed E-state index contributed by atoms with van der Waals surface area (Å²) in [6, 6.07) is 14.3. The van der Waals surface area contributed by atoms with E-state index in [1.165, 1.54) is 0 Å². The van der Waals surface area contributed by atoms with E-state index in [1.807, 2.05) is 36.5 Å². The average Bonchev–Trinajstić information content (AvgIpc) is 2.69. The lowest BCUT2D eigenvalue weighted by Gasteiger charge is -1.98. The number of aromatic nitrogens is 2. The Balaban J connectivity index is 2.24. The first kappa shape index (κ1) is 11.2.